The number of allylic oxidation sites excluding steroid dienone is 2. The largest absolute Gasteiger partial charge is 0.507 e. The van der Waals surface area contributed by atoms with E-state index in [9.17, 15) is 24.9 Å². The van der Waals surface area contributed by atoms with Gasteiger partial charge in [-0.15, -0.1) is 0 Å². The highest BCUT2D eigenvalue weighted by Crippen LogP contribution is 2.35. The molecule has 0 heterocycles. The number of ketones is 2. The van der Waals surface area contributed by atoms with Crippen LogP contribution in [0.5, 0.6) is 11.5 Å². The third kappa shape index (κ3) is 5.02. The van der Waals surface area contributed by atoms with Gasteiger partial charge in [0, 0.05) is 12.5 Å². The maximum atomic E-state index is 12.3. The number of carboxylic acids is 1. The summed E-state index contributed by atoms with van der Waals surface area (Å²) in [4.78, 5) is 33.4. The molecule has 0 saturated carbocycles. The zero-order valence-corrected chi connectivity index (χ0v) is 14.1. The SMILES string of the molecule is CC(=O)O.CC(C)=CC[C@@H](O)C1=CC(=O)c2c(O)ccc(O)c2C1=O. The molecule has 0 unspecified atom stereocenters. The monoisotopic (exact) mass is 348 g/mol. The number of carbonyl (C=O) groups excluding carboxylic acids is 2. The molecule has 0 aromatic heterocycles. The molecule has 0 saturated heterocycles. The lowest BCUT2D eigenvalue weighted by Crippen LogP contribution is -2.25. The van der Waals surface area contributed by atoms with Crippen molar-refractivity contribution in [3.8, 4) is 11.5 Å². The summed E-state index contributed by atoms with van der Waals surface area (Å²) >= 11 is 0. The molecule has 2 rings (SSSR count). The second kappa shape index (κ2) is 8.25. The number of phenolic OH excluding ortho intramolecular Hbond substituents is 2. The standard InChI is InChI=1S/C16H16O5.C2H4O2/c1-8(2)3-4-10(17)9-7-13(20)14-11(18)5-6-12(19)15(14)16(9)21;1-2(3)4/h3,5-7,10,17-19H,4H2,1-2H3;1H3,(H,3,4)/t10-;/m1./s1. The highest BCUT2D eigenvalue weighted by molar-refractivity contribution is 6.26. The highest BCUT2D eigenvalue weighted by Gasteiger charge is 2.33. The summed E-state index contributed by atoms with van der Waals surface area (Å²) < 4.78 is 0. The number of hydrogen-bond donors (Lipinski definition) is 4. The first-order valence-electron chi connectivity index (χ1n) is 7.42. The van der Waals surface area contributed by atoms with Gasteiger partial charge in [0.25, 0.3) is 5.97 Å². The van der Waals surface area contributed by atoms with Gasteiger partial charge in [0.05, 0.1) is 17.2 Å². The van der Waals surface area contributed by atoms with Crippen molar-refractivity contribution in [2.75, 3.05) is 0 Å². The molecular weight excluding hydrogens is 328 g/mol. The van der Waals surface area contributed by atoms with Crippen LogP contribution in [0.4, 0.5) is 0 Å². The van der Waals surface area contributed by atoms with Crippen LogP contribution in [0, 0.1) is 0 Å². The molecule has 134 valence electrons. The predicted octanol–water partition coefficient (Wildman–Crippen LogP) is 2.21. The number of benzene rings is 1. The minimum Gasteiger partial charge on any atom is -0.507 e. The van der Waals surface area contributed by atoms with Gasteiger partial charge in [-0.3, -0.25) is 14.4 Å². The van der Waals surface area contributed by atoms with E-state index in [-0.39, 0.29) is 34.6 Å². The second-order valence-electron chi connectivity index (χ2n) is 5.70. The quantitative estimate of drug-likeness (QED) is 0.486. The van der Waals surface area contributed by atoms with Crippen LogP contribution in [-0.2, 0) is 4.79 Å². The molecule has 0 radical (unpaired) electrons. The van der Waals surface area contributed by atoms with E-state index < -0.39 is 23.6 Å². The number of fused-ring (bicyclic) bond motifs is 1. The molecule has 1 atom stereocenters. The Hall–Kier alpha value is -2.93. The van der Waals surface area contributed by atoms with Crippen LogP contribution in [0.1, 0.15) is 47.9 Å². The number of rotatable bonds is 3. The number of phenols is 2. The van der Waals surface area contributed by atoms with Gasteiger partial charge in [-0.05, 0) is 38.5 Å². The van der Waals surface area contributed by atoms with Crippen molar-refractivity contribution in [2.45, 2.75) is 33.3 Å². The molecule has 0 amide bonds. The van der Waals surface area contributed by atoms with Gasteiger partial charge in [-0.1, -0.05) is 11.6 Å². The lowest BCUT2D eigenvalue weighted by molar-refractivity contribution is -0.134. The van der Waals surface area contributed by atoms with E-state index in [4.69, 9.17) is 9.90 Å². The first-order chi connectivity index (χ1) is 11.6. The van der Waals surface area contributed by atoms with Crippen LogP contribution in [0.3, 0.4) is 0 Å². The molecule has 1 aliphatic carbocycles. The van der Waals surface area contributed by atoms with E-state index in [2.05, 4.69) is 0 Å². The fraction of sp³-hybridized carbons (Fsp3) is 0.278. The lowest BCUT2D eigenvalue weighted by atomic mass is 9.85. The van der Waals surface area contributed by atoms with Crippen molar-refractivity contribution in [3.63, 3.8) is 0 Å². The van der Waals surface area contributed by atoms with E-state index in [0.717, 1.165) is 30.7 Å². The summed E-state index contributed by atoms with van der Waals surface area (Å²) in [6.07, 6.45) is 1.84. The Kier molecular flexibility index (Phi) is 6.64. The molecule has 0 fully saturated rings. The first-order valence-corrected chi connectivity index (χ1v) is 7.42. The van der Waals surface area contributed by atoms with Crippen LogP contribution in [0.15, 0.2) is 35.4 Å². The second-order valence-corrected chi connectivity index (χ2v) is 5.70. The average Bonchev–Trinajstić information content (AvgIpc) is 2.50. The molecule has 7 nitrogen and oxygen atoms in total. The molecule has 25 heavy (non-hydrogen) atoms. The van der Waals surface area contributed by atoms with E-state index >= 15 is 0 Å². The molecule has 0 spiro atoms. The number of aliphatic hydroxyl groups excluding tert-OH is 1. The number of carbonyl (C=O) groups is 3. The van der Waals surface area contributed by atoms with Gasteiger partial charge < -0.3 is 20.4 Å². The normalized spacial score (nSPS) is 13.8. The summed E-state index contributed by atoms with van der Waals surface area (Å²) in [6.45, 7) is 4.79. The van der Waals surface area contributed by atoms with Gasteiger partial charge in [0.15, 0.2) is 11.6 Å². The molecule has 0 bridgehead atoms. The fourth-order valence-electron chi connectivity index (χ4n) is 2.21. The lowest BCUT2D eigenvalue weighted by Gasteiger charge is -2.20. The zero-order valence-electron chi connectivity index (χ0n) is 14.1. The van der Waals surface area contributed by atoms with E-state index in [1.807, 2.05) is 13.8 Å². The molecule has 4 N–H and O–H groups in total. The fourth-order valence-corrected chi connectivity index (χ4v) is 2.21. The van der Waals surface area contributed by atoms with E-state index in [0.29, 0.717) is 0 Å². The number of Topliss-reactive ketones (excluding diaryl/α,β-unsaturated/α-hetero) is 1. The molecule has 0 aliphatic heterocycles. The van der Waals surface area contributed by atoms with Crippen LogP contribution >= 0.6 is 0 Å². The Balaban J connectivity index is 0.000000705. The Labute approximate surface area is 144 Å². The van der Waals surface area contributed by atoms with Gasteiger partial charge in [-0.25, -0.2) is 0 Å². The number of aliphatic hydroxyl groups is 1. The van der Waals surface area contributed by atoms with Crippen molar-refractivity contribution in [2.24, 2.45) is 0 Å². The Bertz CT molecular complexity index is 764. The predicted molar refractivity (Wildman–Crippen MR) is 89.9 cm³/mol. The molecular formula is C18H20O7. The van der Waals surface area contributed by atoms with E-state index in [1.54, 1.807) is 6.08 Å². The number of hydrogen-bond acceptors (Lipinski definition) is 6. The van der Waals surface area contributed by atoms with Gasteiger partial charge >= 0.3 is 0 Å². The van der Waals surface area contributed by atoms with Crippen LogP contribution in [0.2, 0.25) is 0 Å². The van der Waals surface area contributed by atoms with Crippen molar-refractivity contribution in [1.29, 1.82) is 0 Å². The van der Waals surface area contributed by atoms with Crippen LogP contribution in [-0.4, -0.2) is 44.1 Å². The van der Waals surface area contributed by atoms with Crippen molar-refractivity contribution >= 4 is 17.5 Å². The summed E-state index contributed by atoms with van der Waals surface area (Å²) in [7, 11) is 0. The third-order valence-corrected chi connectivity index (χ3v) is 3.29. The minimum atomic E-state index is -1.13. The molecule has 1 aromatic rings. The smallest absolute Gasteiger partial charge is 0.300 e. The van der Waals surface area contributed by atoms with Gasteiger partial charge in [0.1, 0.15) is 11.5 Å². The molecule has 1 aromatic carbocycles. The Morgan fingerprint density at radius 2 is 1.56 bits per heavy atom. The van der Waals surface area contributed by atoms with Crippen molar-refractivity contribution in [3.05, 3.63) is 46.6 Å². The summed E-state index contributed by atoms with van der Waals surface area (Å²) in [5.41, 5.74) is 0.419. The van der Waals surface area contributed by atoms with Crippen LogP contribution in [0.25, 0.3) is 0 Å². The molecule has 7 heteroatoms. The van der Waals surface area contributed by atoms with Crippen LogP contribution < -0.4 is 0 Å². The number of aliphatic carboxylic acids is 1. The highest BCUT2D eigenvalue weighted by atomic mass is 16.4. The number of aromatic hydroxyl groups is 2. The summed E-state index contributed by atoms with van der Waals surface area (Å²) in [5, 5.41) is 36.9. The summed E-state index contributed by atoms with van der Waals surface area (Å²) in [5.74, 6) is -2.84. The summed E-state index contributed by atoms with van der Waals surface area (Å²) in [6, 6.07) is 2.29. The number of carboxylic acid groups (broad SMARTS) is 1. The topological polar surface area (TPSA) is 132 Å². The first kappa shape index (κ1) is 20.1. The Morgan fingerprint density at radius 3 is 2.04 bits per heavy atom. The maximum Gasteiger partial charge on any atom is 0.300 e. The molecule has 1 aliphatic rings. The zero-order chi connectivity index (χ0) is 19.3. The third-order valence-electron chi connectivity index (χ3n) is 3.29. The average molecular weight is 348 g/mol. The van der Waals surface area contributed by atoms with E-state index in [1.165, 1.54) is 0 Å². The minimum absolute atomic E-state index is 0.0779. The van der Waals surface area contributed by atoms with Crippen molar-refractivity contribution in [1.82, 2.24) is 0 Å². The maximum absolute atomic E-state index is 12.3. The van der Waals surface area contributed by atoms with Gasteiger partial charge in [0.2, 0.25) is 0 Å². The van der Waals surface area contributed by atoms with Gasteiger partial charge in [-0.2, -0.15) is 0 Å². The Morgan fingerprint density at radius 1 is 1.08 bits per heavy atom. The van der Waals surface area contributed by atoms with Crippen molar-refractivity contribution < 1.29 is 34.8 Å².